The molecule has 1 N–H and O–H groups in total. The van der Waals surface area contributed by atoms with Gasteiger partial charge in [-0.3, -0.25) is 8.74 Å². The Hall–Kier alpha value is -0.960. The summed E-state index contributed by atoms with van der Waals surface area (Å²) in [4.78, 5) is 12.1. The summed E-state index contributed by atoms with van der Waals surface area (Å²) in [7, 11) is 2.71. The Morgan fingerprint density at radius 2 is 1.71 bits per heavy atom. The van der Waals surface area contributed by atoms with E-state index in [-0.39, 0.29) is 5.97 Å². The minimum absolute atomic E-state index is 0.359. The fourth-order valence-electron chi connectivity index (χ4n) is 0.201. The summed E-state index contributed by atoms with van der Waals surface area (Å²) in [5, 5.41) is 0. The van der Waals surface area contributed by atoms with E-state index in [0.29, 0.717) is 6.61 Å². The molecule has 0 aromatic heterocycles. The number of rotatable bonds is 3. The van der Waals surface area contributed by atoms with Crippen molar-refractivity contribution >= 4 is 16.4 Å². The van der Waals surface area contributed by atoms with Crippen LogP contribution in [-0.4, -0.2) is 58.7 Å². The lowest BCUT2D eigenvalue weighted by molar-refractivity contribution is -0.137. The van der Waals surface area contributed by atoms with E-state index in [1.54, 1.807) is 6.92 Å². The number of hydrogen-bond donors (Lipinski definition) is 1. The van der Waals surface area contributed by atoms with Gasteiger partial charge in [-0.25, -0.2) is 4.79 Å². The molecule has 7 nitrogen and oxygen atoms in total. The number of carbonyl (C=O) groups is 1. The van der Waals surface area contributed by atoms with Crippen LogP contribution in [-0.2, 0) is 24.1 Å². The van der Waals surface area contributed by atoms with Crippen LogP contribution in [0.4, 0.5) is 0 Å². The van der Waals surface area contributed by atoms with Crippen molar-refractivity contribution in [2.75, 3.05) is 34.9 Å². The molecular formula is C9H21NO6S. The van der Waals surface area contributed by atoms with Gasteiger partial charge < -0.3 is 9.64 Å². The third-order valence-corrected chi connectivity index (χ3v) is 1.09. The molecule has 0 spiro atoms. The van der Waals surface area contributed by atoms with Gasteiger partial charge in [-0.15, -0.1) is 0 Å². The number of esters is 1. The van der Waals surface area contributed by atoms with E-state index in [1.165, 1.54) is 0 Å². The van der Waals surface area contributed by atoms with Crippen molar-refractivity contribution in [1.82, 2.24) is 4.90 Å². The van der Waals surface area contributed by atoms with Gasteiger partial charge in [-0.05, 0) is 28.1 Å². The number of hydrogen-bond acceptors (Lipinski definition) is 6. The van der Waals surface area contributed by atoms with E-state index in [0.717, 1.165) is 13.2 Å². The molecule has 0 rings (SSSR count). The lowest BCUT2D eigenvalue weighted by Crippen LogP contribution is -1.99. The van der Waals surface area contributed by atoms with Gasteiger partial charge in [0.25, 0.3) is 0 Å². The zero-order valence-corrected chi connectivity index (χ0v) is 11.7. The third-order valence-electron chi connectivity index (χ3n) is 0.664. The van der Waals surface area contributed by atoms with Crippen molar-refractivity contribution < 1.29 is 26.7 Å². The highest BCUT2D eigenvalue weighted by molar-refractivity contribution is 7.80. The second-order valence-corrected chi connectivity index (χ2v) is 4.08. The molecule has 0 unspecified atom stereocenters. The van der Waals surface area contributed by atoms with Crippen molar-refractivity contribution in [2.24, 2.45) is 0 Å². The minimum atomic E-state index is -4.16. The molecular weight excluding hydrogens is 250 g/mol. The molecule has 0 heterocycles. The molecule has 0 saturated heterocycles. The maximum atomic E-state index is 10.1. The first kappa shape index (κ1) is 21.3. The second kappa shape index (κ2) is 13.1. The molecule has 0 fully saturated rings. The Balaban J connectivity index is -0.000000180. The Kier molecular flexibility index (Phi) is 16.5. The van der Waals surface area contributed by atoms with Crippen LogP contribution in [0.15, 0.2) is 12.7 Å². The van der Waals surface area contributed by atoms with Crippen molar-refractivity contribution in [3.8, 4) is 0 Å². The largest absolute Gasteiger partial charge is 0.463 e. The number of ether oxygens (including phenoxy) is 1. The van der Waals surface area contributed by atoms with Gasteiger partial charge in [0.15, 0.2) is 0 Å². The predicted octanol–water partition coefficient (Wildman–Crippen LogP) is 0.349. The molecule has 0 saturated carbocycles. The first-order valence-electron chi connectivity index (χ1n) is 4.53. The summed E-state index contributed by atoms with van der Waals surface area (Å²) in [5.41, 5.74) is 0. The molecule has 0 amide bonds. The van der Waals surface area contributed by atoms with E-state index in [2.05, 4.69) is 15.5 Å². The van der Waals surface area contributed by atoms with Gasteiger partial charge in [0.2, 0.25) is 0 Å². The smallest absolute Gasteiger partial charge is 0.397 e. The summed E-state index contributed by atoms with van der Waals surface area (Å²) in [6.07, 6.45) is 1.14. The van der Waals surface area contributed by atoms with Gasteiger partial charge in [0.1, 0.15) is 0 Å². The van der Waals surface area contributed by atoms with E-state index in [9.17, 15) is 13.2 Å². The summed E-state index contributed by atoms with van der Waals surface area (Å²) >= 11 is 0. The van der Waals surface area contributed by atoms with Crippen LogP contribution in [0.2, 0.25) is 0 Å². The zero-order valence-electron chi connectivity index (χ0n) is 10.8. The summed E-state index contributed by atoms with van der Waals surface area (Å²) in [6, 6.07) is 0. The first-order valence-corrected chi connectivity index (χ1v) is 5.90. The van der Waals surface area contributed by atoms with Crippen LogP contribution >= 0.6 is 0 Å². The minimum Gasteiger partial charge on any atom is -0.463 e. The first-order chi connectivity index (χ1) is 7.60. The maximum absolute atomic E-state index is 10.1. The maximum Gasteiger partial charge on any atom is 0.397 e. The molecule has 0 radical (unpaired) electrons. The van der Waals surface area contributed by atoms with Gasteiger partial charge >= 0.3 is 16.4 Å². The quantitative estimate of drug-likeness (QED) is 0.449. The van der Waals surface area contributed by atoms with Gasteiger partial charge in [-0.2, -0.15) is 8.42 Å². The average Bonchev–Trinajstić information content (AvgIpc) is 2.17. The topological polar surface area (TPSA) is 93.1 Å². The van der Waals surface area contributed by atoms with Crippen LogP contribution in [0.5, 0.6) is 0 Å². The molecule has 8 heteroatoms. The Labute approximate surface area is 103 Å². The fraction of sp³-hybridized carbons (Fsp3) is 0.667. The molecule has 0 atom stereocenters. The molecule has 0 aromatic carbocycles. The van der Waals surface area contributed by atoms with Gasteiger partial charge in [0.05, 0.1) is 13.7 Å². The third kappa shape index (κ3) is 51.6. The van der Waals surface area contributed by atoms with E-state index < -0.39 is 10.4 Å². The van der Waals surface area contributed by atoms with E-state index in [1.807, 2.05) is 26.0 Å². The lowest BCUT2D eigenvalue weighted by Gasteiger charge is -1.90. The van der Waals surface area contributed by atoms with Crippen molar-refractivity contribution in [3.05, 3.63) is 12.7 Å². The Bertz CT molecular complexity index is 283. The normalized spacial score (nSPS) is 9.35. The number of carbonyl (C=O) groups excluding carboxylic acids is 1. The second-order valence-electron chi connectivity index (χ2n) is 2.89. The lowest BCUT2D eigenvalue weighted by atomic mass is 10.6. The fourth-order valence-corrected chi connectivity index (χ4v) is 0.201. The number of nitrogens with zero attached hydrogens (tertiary/aromatic N) is 1. The highest BCUT2D eigenvalue weighted by Gasteiger charge is 1.94. The molecule has 104 valence electrons. The highest BCUT2D eigenvalue weighted by atomic mass is 32.3. The zero-order chi connectivity index (χ0) is 14.5. The van der Waals surface area contributed by atoms with Crippen LogP contribution in [0.1, 0.15) is 6.92 Å². The van der Waals surface area contributed by atoms with Crippen molar-refractivity contribution in [1.29, 1.82) is 0 Å². The monoisotopic (exact) mass is 271 g/mol. The van der Waals surface area contributed by atoms with E-state index >= 15 is 0 Å². The summed E-state index contributed by atoms with van der Waals surface area (Å²) in [6.45, 7) is 5.38. The molecule has 0 aliphatic heterocycles. The van der Waals surface area contributed by atoms with Crippen LogP contribution in [0.3, 0.4) is 0 Å². The van der Waals surface area contributed by atoms with Crippen LogP contribution in [0.25, 0.3) is 0 Å². The van der Waals surface area contributed by atoms with Gasteiger partial charge in [-0.1, -0.05) is 6.58 Å². The van der Waals surface area contributed by atoms with Crippen molar-refractivity contribution in [2.45, 2.75) is 6.92 Å². The molecule has 0 bridgehead atoms. The molecule has 0 aliphatic carbocycles. The summed E-state index contributed by atoms with van der Waals surface area (Å²) in [5.74, 6) is -0.359. The SMILES string of the molecule is C=CC(=O)OCC.CN(C)C.COS(=O)(=O)O. The Morgan fingerprint density at radius 1 is 1.41 bits per heavy atom. The Morgan fingerprint density at radius 3 is 1.76 bits per heavy atom. The van der Waals surface area contributed by atoms with Gasteiger partial charge in [0, 0.05) is 6.08 Å². The van der Waals surface area contributed by atoms with E-state index in [4.69, 9.17) is 4.55 Å². The highest BCUT2D eigenvalue weighted by Crippen LogP contribution is 1.75. The standard InChI is InChI=1S/C5H8O2.C3H9N.CH4O4S/c1-3-5(6)7-4-2;1-4(2)3;1-5-6(2,3)4/h3H,1,4H2,2H3;1-3H3;1H3,(H,2,3,4). The average molecular weight is 271 g/mol. The van der Waals surface area contributed by atoms with Crippen molar-refractivity contribution in [3.63, 3.8) is 0 Å². The molecule has 17 heavy (non-hydrogen) atoms. The molecule has 0 aromatic rings. The van der Waals surface area contributed by atoms with Crippen LogP contribution in [0, 0.1) is 0 Å². The summed E-state index contributed by atoms with van der Waals surface area (Å²) < 4.78 is 34.1. The molecule has 0 aliphatic rings. The van der Waals surface area contributed by atoms with Crippen LogP contribution < -0.4 is 0 Å². The predicted molar refractivity (Wildman–Crippen MR) is 65.0 cm³/mol.